The maximum absolute atomic E-state index is 6.08. The number of benzene rings is 12. The van der Waals surface area contributed by atoms with Crippen molar-refractivity contribution in [3.63, 3.8) is 0 Å². The van der Waals surface area contributed by atoms with Gasteiger partial charge in [0.25, 0.3) is 0 Å². The van der Waals surface area contributed by atoms with Gasteiger partial charge in [0, 0.05) is 49.5 Å². The van der Waals surface area contributed by atoms with Crippen LogP contribution in [0.25, 0.3) is 32.7 Å². The number of terminal acetylenes is 1. The Bertz CT molecular complexity index is 6160. The van der Waals surface area contributed by atoms with Crippen molar-refractivity contribution in [1.29, 1.82) is 0 Å². The van der Waals surface area contributed by atoms with Crippen molar-refractivity contribution in [2.24, 2.45) is 0 Å². The van der Waals surface area contributed by atoms with Crippen LogP contribution in [0.1, 0.15) is 143 Å². The molecule has 1 heterocycles. The molecule has 0 aliphatic carbocycles. The summed E-state index contributed by atoms with van der Waals surface area (Å²) in [6.07, 6.45) is 14.7. The largest absolute Gasteiger partial charge is 0.494 e. The Hall–Kier alpha value is -10.6. The molecule has 0 atom stereocenters. The fourth-order valence-electron chi connectivity index (χ4n) is 11.3. The third-order valence-electron chi connectivity index (χ3n) is 19.2. The van der Waals surface area contributed by atoms with Crippen LogP contribution in [-0.2, 0) is 9.31 Å². The van der Waals surface area contributed by atoms with Crippen LogP contribution in [0.4, 0.5) is 0 Å². The first-order chi connectivity index (χ1) is 62.1. The summed E-state index contributed by atoms with van der Waals surface area (Å²) < 4.78 is 28.4. The van der Waals surface area contributed by atoms with Gasteiger partial charge in [-0.1, -0.05) is 321 Å². The predicted molar refractivity (Wildman–Crippen MR) is 592 cm³/mol. The highest BCUT2D eigenvalue weighted by Gasteiger charge is 2.51. The highest BCUT2D eigenvalue weighted by atomic mass is 127. The summed E-state index contributed by atoms with van der Waals surface area (Å²) in [5, 5.41) is 4.92. The minimum atomic E-state index is -1.27. The molecule has 13 rings (SSSR count). The Morgan fingerprint density at radius 3 is 1.12 bits per heavy atom. The van der Waals surface area contributed by atoms with Crippen molar-refractivity contribution < 1.29 is 18.8 Å². The maximum Gasteiger partial charge on any atom is 0.494 e. The van der Waals surface area contributed by atoms with Gasteiger partial charge in [0.2, 0.25) is 0 Å². The zero-order valence-corrected chi connectivity index (χ0v) is 89.4. The summed E-state index contributed by atoms with van der Waals surface area (Å²) in [5.74, 6) is 48.5. The van der Waals surface area contributed by atoms with Crippen LogP contribution in [0.15, 0.2) is 288 Å². The average molecular weight is 2110 g/mol. The number of rotatable bonds is 14. The quantitative estimate of drug-likeness (QED) is 0.0471. The normalized spacial score (nSPS) is 11.3. The number of aryl methyl sites for hydroxylation is 3. The van der Waals surface area contributed by atoms with E-state index in [0.29, 0.717) is 0 Å². The lowest BCUT2D eigenvalue weighted by Gasteiger charge is -2.32. The van der Waals surface area contributed by atoms with Gasteiger partial charge in [0.05, 0.1) is 24.4 Å². The van der Waals surface area contributed by atoms with Gasteiger partial charge in [0.1, 0.15) is 35.7 Å². The summed E-state index contributed by atoms with van der Waals surface area (Å²) >= 11 is 11.4. The fraction of sp³-hybridized carbons (Fsp3) is 0.254. The molecule has 1 fully saturated rings. The molecule has 0 saturated carbocycles. The lowest BCUT2D eigenvalue weighted by atomic mass is 9.78. The Morgan fingerprint density at radius 1 is 0.354 bits per heavy atom. The molecular formula is C118H121BBr2I2O4Si3. The lowest BCUT2D eigenvalue weighted by Crippen LogP contribution is -2.41. The van der Waals surface area contributed by atoms with Gasteiger partial charge < -0.3 is 18.8 Å². The van der Waals surface area contributed by atoms with Crippen LogP contribution in [0.5, 0.6) is 11.5 Å². The Kier molecular flexibility index (Phi) is 48.5. The Morgan fingerprint density at radius 2 is 0.708 bits per heavy atom. The van der Waals surface area contributed by atoms with Crippen LogP contribution in [0.3, 0.4) is 0 Å². The van der Waals surface area contributed by atoms with Gasteiger partial charge in [0.15, 0.2) is 0 Å². The first-order valence-corrected chi connectivity index (χ1v) is 58.3. The van der Waals surface area contributed by atoms with Crippen LogP contribution in [0, 0.1) is 146 Å². The molecule has 12 heteroatoms. The summed E-state index contributed by atoms with van der Waals surface area (Å²) in [7, 11) is -3.95. The molecule has 0 N–H and O–H groups in total. The number of unbranched alkanes of at least 4 members (excludes halogenated alkanes) is 6. The smallest absolute Gasteiger partial charge is 0.494 e. The zero-order chi connectivity index (χ0) is 94.6. The first-order valence-electron chi connectivity index (χ1n) is 44.1. The first kappa shape index (κ1) is 108. The molecule has 0 radical (unpaired) electrons. The van der Waals surface area contributed by atoms with Gasteiger partial charge >= 0.3 is 7.12 Å². The van der Waals surface area contributed by atoms with E-state index in [4.69, 9.17) is 25.2 Å². The van der Waals surface area contributed by atoms with E-state index in [1.54, 1.807) is 0 Å². The van der Waals surface area contributed by atoms with Gasteiger partial charge in [-0.05, 0) is 357 Å². The molecule has 660 valence electrons. The van der Waals surface area contributed by atoms with E-state index in [9.17, 15) is 0 Å². The summed E-state index contributed by atoms with van der Waals surface area (Å²) in [4.78, 5) is 0. The van der Waals surface area contributed by atoms with Crippen molar-refractivity contribution in [3.05, 3.63) is 345 Å². The standard InChI is InChI=1S/C32H28O.C22H21BrO.C16H19BO2.C14H16Si.C11H8.C10H18Si2.C7H7I.C6H4BrI/c1-2-3-4-11-24-33-31-22-18-26(19-23-31)12-5-6-14-28-15-9-10-17-32(28)30-21-20-27-13-7-8-16-29(27)25-30;1-2-3-4-9-18-24-21-16-14-19(15-17-21)10-5-6-11-20-12-7-8-13-22(20)23;1-15(2)16(3,4)19-17(18-15)14-10-9-12-7-5-6-8-13(12)11-14;1-13-8-10-14(11-9-13)7-5-6-12-15(2,3)4;1-3-4-5-11-8-6-10(2)7-9-11;1-11(2,3)9-7-8-10-12(4,5)6;1-6-2-4-7(8)5-3-6;7-5-3-1-2-4-6(5)8/h7-10,13,15-23,25H,2-4,11,24H2,1H3;7-8,12-17H,2-4,9,18H2,1H3;5-11H,1-4H3;8-11H,1-4H3;1,6-9H,2H3;1-6H3;2-5H,1H3;1-4H. The van der Waals surface area contributed by atoms with E-state index in [-0.39, 0.29) is 18.3 Å². The highest BCUT2D eigenvalue weighted by molar-refractivity contribution is 14.1. The summed E-state index contributed by atoms with van der Waals surface area (Å²) in [5.41, 5.74) is 22.1. The molecule has 0 unspecified atom stereocenters. The topological polar surface area (TPSA) is 36.9 Å². The number of hydrogen-bond donors (Lipinski definition) is 0. The van der Waals surface area contributed by atoms with E-state index in [2.05, 4.69) is 442 Å². The van der Waals surface area contributed by atoms with E-state index in [1.165, 1.54) is 88.4 Å². The van der Waals surface area contributed by atoms with Crippen LogP contribution in [-0.4, -0.2) is 55.8 Å². The third kappa shape index (κ3) is 44.8. The molecule has 0 bridgehead atoms. The van der Waals surface area contributed by atoms with E-state index in [0.717, 1.165) is 92.0 Å². The SMILES string of the molecule is Brc1ccccc1I.C#CC#Cc1ccc(C)cc1.CC1(C)OB(c2ccc3ccccc3c2)OC1(C)C.CCCCCCOc1ccc(C#CC#Cc2ccccc2-c2ccc3ccccc3c2)cc1.CCCCCCOc1ccc(C#CC#Cc2ccccc2Br)cc1.C[Si](C)(C)C#CC#C[Si](C)(C)C.Cc1ccc(C#CC#C[Si](C)(C)C)cc1.Cc1ccc(I)cc1. The van der Waals surface area contributed by atoms with Crippen molar-refractivity contribution in [3.8, 4) is 140 Å². The van der Waals surface area contributed by atoms with E-state index in [1.807, 2.05) is 146 Å². The molecule has 12 aromatic rings. The van der Waals surface area contributed by atoms with Gasteiger partial charge in [-0.2, -0.15) is 0 Å². The second-order valence-corrected chi connectivity index (χ2v) is 53.1. The number of fused-ring (bicyclic) bond motifs is 2. The maximum atomic E-state index is 6.08. The van der Waals surface area contributed by atoms with Crippen LogP contribution >= 0.6 is 77.0 Å². The molecule has 0 spiro atoms. The molecule has 1 aliphatic rings. The molecule has 12 aromatic carbocycles. The zero-order valence-electron chi connectivity index (χ0n) is 78.9. The number of halogens is 4. The predicted octanol–water partition coefficient (Wildman–Crippen LogP) is 30.4. The fourth-order valence-corrected chi connectivity index (χ4v) is 14.0. The summed E-state index contributed by atoms with van der Waals surface area (Å²) in [6.45, 7) is 40.5. The van der Waals surface area contributed by atoms with E-state index >= 15 is 0 Å². The molecular weight excluding hydrogens is 1990 g/mol. The second kappa shape index (κ2) is 58.2. The third-order valence-corrected chi connectivity index (χ3v) is 25.6. The van der Waals surface area contributed by atoms with Crippen LogP contribution < -0.4 is 14.9 Å². The Labute approximate surface area is 828 Å². The van der Waals surface area contributed by atoms with Crippen molar-refractivity contribution in [2.75, 3.05) is 13.2 Å². The molecule has 0 aromatic heterocycles. The lowest BCUT2D eigenvalue weighted by molar-refractivity contribution is 0.00578. The van der Waals surface area contributed by atoms with Gasteiger partial charge in [-0.25, -0.2) is 0 Å². The van der Waals surface area contributed by atoms with Crippen LogP contribution in [0.2, 0.25) is 58.9 Å². The number of ether oxygens (including phenoxy) is 2. The molecule has 0 amide bonds. The molecule has 4 nitrogen and oxygen atoms in total. The minimum Gasteiger partial charge on any atom is -0.494 e. The molecule has 130 heavy (non-hydrogen) atoms. The highest BCUT2D eigenvalue weighted by Crippen LogP contribution is 2.37. The van der Waals surface area contributed by atoms with E-state index < -0.39 is 24.2 Å². The van der Waals surface area contributed by atoms with Crippen molar-refractivity contribution in [1.82, 2.24) is 0 Å². The molecule has 1 saturated heterocycles. The van der Waals surface area contributed by atoms with Gasteiger partial charge in [-0.3, -0.25) is 0 Å². The minimum absolute atomic E-state index is 0.283. The number of hydrogen-bond acceptors (Lipinski definition) is 4. The molecule has 1 aliphatic heterocycles. The Balaban J connectivity index is 0.000000240. The van der Waals surface area contributed by atoms with Crippen molar-refractivity contribution in [2.45, 2.75) is 184 Å². The monoisotopic (exact) mass is 2110 g/mol. The van der Waals surface area contributed by atoms with Gasteiger partial charge in [-0.15, -0.1) is 23.1 Å². The average Bonchev–Trinajstić information content (AvgIpc) is 1.62. The second-order valence-electron chi connectivity index (χ2n) is 34.7. The van der Waals surface area contributed by atoms with Crippen molar-refractivity contribution >= 4 is 135 Å². The summed E-state index contributed by atoms with van der Waals surface area (Å²) in [6, 6.07) is 94.2.